The quantitative estimate of drug-likeness (QED) is 0.458. The standard InChI is InChI=1S/C16H14F2O3S/c1-20-16(19)11-3-2-4-12(9-11)21-7-8-22-13-5-6-14(17)15(18)10-13/h2-6,9-10H,7-8H2,1H3. The van der Waals surface area contributed by atoms with Crippen molar-refractivity contribution in [1.29, 1.82) is 0 Å². The van der Waals surface area contributed by atoms with Crippen LogP contribution in [-0.2, 0) is 4.74 Å². The van der Waals surface area contributed by atoms with E-state index in [1.165, 1.54) is 24.9 Å². The lowest BCUT2D eigenvalue weighted by Crippen LogP contribution is -2.03. The molecule has 0 heterocycles. The summed E-state index contributed by atoms with van der Waals surface area (Å²) in [5, 5.41) is 0. The Hall–Kier alpha value is -2.08. The molecule has 22 heavy (non-hydrogen) atoms. The van der Waals surface area contributed by atoms with Crippen LogP contribution in [0.1, 0.15) is 10.4 Å². The van der Waals surface area contributed by atoms with Gasteiger partial charge in [0.25, 0.3) is 0 Å². The van der Waals surface area contributed by atoms with E-state index in [9.17, 15) is 13.6 Å². The molecule has 0 radical (unpaired) electrons. The Labute approximate surface area is 131 Å². The average Bonchev–Trinajstić information content (AvgIpc) is 2.54. The van der Waals surface area contributed by atoms with Gasteiger partial charge in [-0.25, -0.2) is 13.6 Å². The van der Waals surface area contributed by atoms with Crippen LogP contribution in [-0.4, -0.2) is 25.4 Å². The van der Waals surface area contributed by atoms with E-state index in [4.69, 9.17) is 4.74 Å². The first kappa shape index (κ1) is 16.3. The van der Waals surface area contributed by atoms with E-state index in [0.717, 1.165) is 12.1 Å². The maximum absolute atomic E-state index is 13.0. The molecule has 0 spiro atoms. The molecule has 2 aromatic rings. The highest BCUT2D eigenvalue weighted by Gasteiger charge is 2.06. The number of esters is 1. The van der Waals surface area contributed by atoms with Gasteiger partial charge in [0.15, 0.2) is 11.6 Å². The molecule has 6 heteroatoms. The SMILES string of the molecule is COC(=O)c1cccc(OCCSc2ccc(F)c(F)c2)c1. The molecule has 0 aliphatic rings. The number of carbonyl (C=O) groups excluding carboxylic acids is 1. The number of ether oxygens (including phenoxy) is 2. The van der Waals surface area contributed by atoms with Gasteiger partial charge in [-0.1, -0.05) is 6.07 Å². The maximum atomic E-state index is 13.0. The minimum Gasteiger partial charge on any atom is -0.493 e. The van der Waals surface area contributed by atoms with Crippen molar-refractivity contribution in [3.63, 3.8) is 0 Å². The second-order valence-electron chi connectivity index (χ2n) is 4.29. The Morgan fingerprint density at radius 1 is 1.14 bits per heavy atom. The average molecular weight is 324 g/mol. The van der Waals surface area contributed by atoms with E-state index >= 15 is 0 Å². The van der Waals surface area contributed by atoms with Gasteiger partial charge in [-0.15, -0.1) is 11.8 Å². The van der Waals surface area contributed by atoms with Gasteiger partial charge in [-0.3, -0.25) is 0 Å². The van der Waals surface area contributed by atoms with Gasteiger partial charge in [0.1, 0.15) is 5.75 Å². The molecule has 0 fully saturated rings. The van der Waals surface area contributed by atoms with Crippen molar-refractivity contribution in [3.8, 4) is 5.75 Å². The van der Waals surface area contributed by atoms with Crippen LogP contribution in [0.5, 0.6) is 5.75 Å². The zero-order valence-electron chi connectivity index (χ0n) is 11.8. The molecule has 0 bridgehead atoms. The highest BCUT2D eigenvalue weighted by molar-refractivity contribution is 7.99. The number of hydrogen-bond donors (Lipinski definition) is 0. The zero-order valence-corrected chi connectivity index (χ0v) is 12.7. The molecule has 0 saturated heterocycles. The van der Waals surface area contributed by atoms with Crippen molar-refractivity contribution in [3.05, 3.63) is 59.7 Å². The molecule has 0 N–H and O–H groups in total. The fourth-order valence-corrected chi connectivity index (χ4v) is 2.47. The first-order valence-electron chi connectivity index (χ1n) is 6.49. The lowest BCUT2D eigenvalue weighted by molar-refractivity contribution is 0.0600. The Kier molecular flexibility index (Phi) is 5.77. The predicted molar refractivity (Wildman–Crippen MR) is 80.4 cm³/mol. The van der Waals surface area contributed by atoms with Crippen molar-refractivity contribution in [2.75, 3.05) is 19.5 Å². The number of thioether (sulfide) groups is 1. The van der Waals surface area contributed by atoms with Crippen LogP contribution in [0.3, 0.4) is 0 Å². The van der Waals surface area contributed by atoms with Crippen molar-refractivity contribution < 1.29 is 23.0 Å². The summed E-state index contributed by atoms with van der Waals surface area (Å²) in [6, 6.07) is 10.4. The van der Waals surface area contributed by atoms with Gasteiger partial charge < -0.3 is 9.47 Å². The summed E-state index contributed by atoms with van der Waals surface area (Å²) in [6.45, 7) is 0.369. The molecular weight excluding hydrogens is 310 g/mol. The van der Waals surface area contributed by atoms with Gasteiger partial charge in [0.05, 0.1) is 19.3 Å². The normalized spacial score (nSPS) is 10.3. The van der Waals surface area contributed by atoms with E-state index in [1.54, 1.807) is 24.3 Å². The van der Waals surface area contributed by atoms with Gasteiger partial charge in [0, 0.05) is 10.6 Å². The van der Waals surface area contributed by atoms with E-state index in [2.05, 4.69) is 4.74 Å². The summed E-state index contributed by atoms with van der Waals surface area (Å²) in [4.78, 5) is 12.0. The van der Waals surface area contributed by atoms with Crippen LogP contribution < -0.4 is 4.74 Å². The van der Waals surface area contributed by atoms with Crippen molar-refractivity contribution in [1.82, 2.24) is 0 Å². The zero-order chi connectivity index (χ0) is 15.9. The van der Waals surface area contributed by atoms with Gasteiger partial charge >= 0.3 is 5.97 Å². The number of benzene rings is 2. The molecule has 2 rings (SSSR count). The summed E-state index contributed by atoms with van der Waals surface area (Å²) in [6.07, 6.45) is 0. The van der Waals surface area contributed by atoms with Crippen molar-refractivity contribution >= 4 is 17.7 Å². The molecule has 0 aliphatic heterocycles. The smallest absolute Gasteiger partial charge is 0.337 e. The van der Waals surface area contributed by atoms with E-state index in [1.807, 2.05) is 0 Å². The maximum Gasteiger partial charge on any atom is 0.337 e. The lowest BCUT2D eigenvalue weighted by atomic mass is 10.2. The number of methoxy groups -OCH3 is 1. The molecular formula is C16H14F2O3S. The highest BCUT2D eigenvalue weighted by Crippen LogP contribution is 2.21. The van der Waals surface area contributed by atoms with E-state index < -0.39 is 17.6 Å². The van der Waals surface area contributed by atoms with Gasteiger partial charge in [0.2, 0.25) is 0 Å². The second kappa shape index (κ2) is 7.79. The molecule has 0 amide bonds. The molecule has 0 saturated carbocycles. The fraction of sp³-hybridized carbons (Fsp3) is 0.188. The summed E-state index contributed by atoms with van der Waals surface area (Å²) >= 11 is 1.35. The topological polar surface area (TPSA) is 35.5 Å². The molecule has 3 nitrogen and oxygen atoms in total. The van der Waals surface area contributed by atoms with E-state index in [-0.39, 0.29) is 0 Å². The molecule has 2 aromatic carbocycles. The number of carbonyl (C=O) groups is 1. The Bertz CT molecular complexity index is 662. The summed E-state index contributed by atoms with van der Waals surface area (Å²) in [5.41, 5.74) is 0.410. The molecule has 0 aromatic heterocycles. The summed E-state index contributed by atoms with van der Waals surface area (Å²) in [7, 11) is 1.31. The lowest BCUT2D eigenvalue weighted by Gasteiger charge is -2.07. The second-order valence-corrected chi connectivity index (χ2v) is 5.46. The third-order valence-electron chi connectivity index (χ3n) is 2.77. The highest BCUT2D eigenvalue weighted by atomic mass is 32.2. The van der Waals surface area contributed by atoms with Crippen LogP contribution in [0, 0.1) is 11.6 Å². The molecule has 0 aliphatic carbocycles. The first-order valence-corrected chi connectivity index (χ1v) is 7.48. The Morgan fingerprint density at radius 2 is 1.95 bits per heavy atom. The first-order chi connectivity index (χ1) is 10.6. The van der Waals surface area contributed by atoms with E-state index in [0.29, 0.717) is 28.6 Å². The number of halogens is 2. The number of hydrogen-bond acceptors (Lipinski definition) is 4. The van der Waals surface area contributed by atoms with Gasteiger partial charge in [-0.05, 0) is 36.4 Å². The van der Waals surface area contributed by atoms with Crippen LogP contribution >= 0.6 is 11.8 Å². The predicted octanol–water partition coefficient (Wildman–Crippen LogP) is 3.92. The van der Waals surface area contributed by atoms with Crippen LogP contribution in [0.15, 0.2) is 47.4 Å². The summed E-state index contributed by atoms with van der Waals surface area (Å²) in [5.74, 6) is -1.04. The molecule has 0 unspecified atom stereocenters. The third-order valence-corrected chi connectivity index (χ3v) is 3.73. The van der Waals surface area contributed by atoms with Crippen molar-refractivity contribution in [2.24, 2.45) is 0 Å². The van der Waals surface area contributed by atoms with Crippen molar-refractivity contribution in [2.45, 2.75) is 4.90 Å². The molecule has 116 valence electrons. The third kappa shape index (κ3) is 4.46. The number of rotatable bonds is 6. The minimum absolute atomic E-state index is 0.369. The molecule has 0 atom stereocenters. The van der Waals surface area contributed by atoms with Crippen LogP contribution in [0.2, 0.25) is 0 Å². The Morgan fingerprint density at radius 3 is 2.68 bits per heavy atom. The summed E-state index contributed by atoms with van der Waals surface area (Å²) < 4.78 is 36.0. The van der Waals surface area contributed by atoms with Crippen LogP contribution in [0.4, 0.5) is 8.78 Å². The monoisotopic (exact) mass is 324 g/mol. The fourth-order valence-electron chi connectivity index (χ4n) is 1.72. The minimum atomic E-state index is -0.864. The largest absolute Gasteiger partial charge is 0.493 e. The van der Waals surface area contributed by atoms with Crippen LogP contribution in [0.25, 0.3) is 0 Å². The Balaban J connectivity index is 1.83. The van der Waals surface area contributed by atoms with Gasteiger partial charge in [-0.2, -0.15) is 0 Å².